The Kier molecular flexibility index (Phi) is 7.80. The Morgan fingerprint density at radius 3 is 1.65 bits per heavy atom. The zero-order valence-corrected chi connectivity index (χ0v) is 33.7. The van der Waals surface area contributed by atoms with E-state index in [2.05, 4.69) is 144 Å². The lowest BCUT2D eigenvalue weighted by atomic mass is 9.98. The maximum absolute atomic E-state index is 7.04. The van der Waals surface area contributed by atoms with Gasteiger partial charge in [0.05, 0.1) is 16.6 Å². The Balaban J connectivity index is 1.09. The zero-order chi connectivity index (χ0) is 41.4. The van der Waals surface area contributed by atoms with Gasteiger partial charge in [0.1, 0.15) is 22.3 Å². The van der Waals surface area contributed by atoms with Crippen LogP contribution in [-0.2, 0) is 0 Å². The van der Waals surface area contributed by atoms with Crippen molar-refractivity contribution in [3.8, 4) is 62.1 Å². The van der Waals surface area contributed by atoms with Crippen LogP contribution in [0, 0.1) is 0 Å². The number of fused-ring (bicyclic) bond motifs is 9. The summed E-state index contributed by atoms with van der Waals surface area (Å²) in [6, 6.07) is 71.6. The molecule has 0 N–H and O–H groups in total. The van der Waals surface area contributed by atoms with E-state index >= 15 is 0 Å². The molecule has 0 saturated heterocycles. The molecule has 4 heterocycles. The molecule has 0 amide bonds. The molecule has 13 aromatic rings. The van der Waals surface area contributed by atoms with Crippen molar-refractivity contribution in [2.45, 2.75) is 0 Å². The van der Waals surface area contributed by atoms with Gasteiger partial charge in [-0.2, -0.15) is 0 Å². The Morgan fingerprint density at radius 2 is 0.889 bits per heavy atom. The average molecular weight is 807 g/mol. The van der Waals surface area contributed by atoms with Crippen molar-refractivity contribution in [2.75, 3.05) is 0 Å². The van der Waals surface area contributed by atoms with E-state index in [1.165, 1.54) is 16.3 Å². The van der Waals surface area contributed by atoms with Gasteiger partial charge >= 0.3 is 0 Å². The van der Waals surface area contributed by atoms with E-state index in [0.29, 0.717) is 23.1 Å². The molecule has 0 spiro atoms. The molecule has 9 aromatic carbocycles. The number of hydrogen-bond donors (Lipinski definition) is 0. The summed E-state index contributed by atoms with van der Waals surface area (Å²) in [6.45, 7) is 0. The standard InChI is InChI=1S/C57H34N4O2/c1-3-15-35(16-4-1)37-19-13-20-38(31-37)39-29-30-43-46-33-40(61-48-25-10-7-21-41(48)42-22-8-11-26-49(42)61)34-47(54(46)63-52(43)32-39)57-59-55(36-17-5-2-6-18-36)58-56(60-57)45-24-14-28-51-53(45)44-23-9-12-27-50(44)62-51/h1-34H. The molecule has 13 rings (SSSR count). The third-order valence-corrected chi connectivity index (χ3v) is 12.3. The topological polar surface area (TPSA) is 69.9 Å². The summed E-state index contributed by atoms with van der Waals surface area (Å²) in [5.74, 6) is 1.61. The lowest BCUT2D eigenvalue weighted by Crippen LogP contribution is -2.02. The van der Waals surface area contributed by atoms with Gasteiger partial charge in [-0.25, -0.2) is 15.0 Å². The molecule has 63 heavy (non-hydrogen) atoms. The van der Waals surface area contributed by atoms with Gasteiger partial charge in [-0.15, -0.1) is 0 Å². The number of furan rings is 2. The molecule has 6 nitrogen and oxygen atoms in total. The van der Waals surface area contributed by atoms with E-state index in [1.807, 2.05) is 66.7 Å². The van der Waals surface area contributed by atoms with Crippen LogP contribution in [0.3, 0.4) is 0 Å². The number of nitrogens with zero attached hydrogens (tertiary/aromatic N) is 4. The molecule has 0 fully saturated rings. The summed E-state index contributed by atoms with van der Waals surface area (Å²) < 4.78 is 15.7. The van der Waals surface area contributed by atoms with Gasteiger partial charge in [0.25, 0.3) is 0 Å². The summed E-state index contributed by atoms with van der Waals surface area (Å²) in [5, 5.41) is 6.30. The quantitative estimate of drug-likeness (QED) is 0.167. The second-order valence-electron chi connectivity index (χ2n) is 15.9. The molecular weight excluding hydrogens is 773 g/mol. The van der Waals surface area contributed by atoms with Gasteiger partial charge in [-0.1, -0.05) is 152 Å². The first-order chi connectivity index (χ1) is 31.2. The van der Waals surface area contributed by atoms with Crippen LogP contribution in [0.5, 0.6) is 0 Å². The van der Waals surface area contributed by atoms with E-state index in [0.717, 1.165) is 88.4 Å². The van der Waals surface area contributed by atoms with Gasteiger partial charge in [0.15, 0.2) is 17.5 Å². The van der Waals surface area contributed by atoms with Crippen LogP contribution in [0.1, 0.15) is 0 Å². The molecule has 294 valence electrons. The zero-order valence-electron chi connectivity index (χ0n) is 33.7. The lowest BCUT2D eigenvalue weighted by molar-refractivity contribution is 0.668. The highest BCUT2D eigenvalue weighted by molar-refractivity contribution is 6.14. The Bertz CT molecular complexity index is 3870. The Hall–Kier alpha value is -8.61. The normalized spacial score (nSPS) is 11.8. The van der Waals surface area contributed by atoms with E-state index in [4.69, 9.17) is 23.8 Å². The first-order valence-electron chi connectivity index (χ1n) is 21.1. The third kappa shape index (κ3) is 5.69. The predicted octanol–water partition coefficient (Wildman–Crippen LogP) is 15.1. The Morgan fingerprint density at radius 1 is 0.317 bits per heavy atom. The molecule has 0 aliphatic heterocycles. The van der Waals surface area contributed by atoms with Crippen LogP contribution in [0.25, 0.3) is 128 Å². The van der Waals surface area contributed by atoms with Crippen LogP contribution in [-0.4, -0.2) is 19.5 Å². The number of hydrogen-bond acceptors (Lipinski definition) is 5. The molecule has 0 atom stereocenters. The van der Waals surface area contributed by atoms with Gasteiger partial charge in [0.2, 0.25) is 0 Å². The van der Waals surface area contributed by atoms with Crippen molar-refractivity contribution in [2.24, 2.45) is 0 Å². The maximum Gasteiger partial charge on any atom is 0.167 e. The summed E-state index contributed by atoms with van der Waals surface area (Å²) >= 11 is 0. The number of rotatable bonds is 6. The average Bonchev–Trinajstić information content (AvgIpc) is 4.03. The van der Waals surface area contributed by atoms with Crippen LogP contribution in [0.4, 0.5) is 0 Å². The second kappa shape index (κ2) is 14.0. The van der Waals surface area contributed by atoms with Gasteiger partial charge < -0.3 is 13.4 Å². The van der Waals surface area contributed by atoms with Crippen LogP contribution in [0.2, 0.25) is 0 Å². The van der Waals surface area contributed by atoms with Crippen LogP contribution >= 0.6 is 0 Å². The third-order valence-electron chi connectivity index (χ3n) is 12.3. The molecule has 0 radical (unpaired) electrons. The van der Waals surface area contributed by atoms with Crippen molar-refractivity contribution in [3.05, 3.63) is 206 Å². The highest BCUT2D eigenvalue weighted by Gasteiger charge is 2.23. The minimum Gasteiger partial charge on any atom is -0.456 e. The minimum atomic E-state index is 0.506. The van der Waals surface area contributed by atoms with Crippen LogP contribution < -0.4 is 0 Å². The summed E-state index contributed by atoms with van der Waals surface area (Å²) in [5.41, 5.74) is 13.3. The molecule has 6 heteroatoms. The SMILES string of the molecule is c1ccc(-c2cccc(-c3ccc4c(c3)oc3c(-c5nc(-c6ccccc6)nc(-c6cccc7oc8ccccc8c67)n5)cc(-n5c6ccccc6c6ccccc65)cc34)c2)cc1. The highest BCUT2D eigenvalue weighted by atomic mass is 16.3. The number of benzene rings is 9. The summed E-state index contributed by atoms with van der Waals surface area (Å²) in [7, 11) is 0. The maximum atomic E-state index is 7.04. The molecular formula is C57H34N4O2. The molecule has 0 aliphatic carbocycles. The number of aromatic nitrogens is 4. The summed E-state index contributed by atoms with van der Waals surface area (Å²) in [4.78, 5) is 15.8. The number of para-hydroxylation sites is 3. The van der Waals surface area contributed by atoms with E-state index in [9.17, 15) is 0 Å². The Labute approximate surface area is 361 Å². The predicted molar refractivity (Wildman–Crippen MR) is 256 cm³/mol. The fourth-order valence-corrected chi connectivity index (χ4v) is 9.34. The molecule has 0 saturated carbocycles. The monoisotopic (exact) mass is 806 g/mol. The fourth-order valence-electron chi connectivity index (χ4n) is 9.34. The second-order valence-corrected chi connectivity index (χ2v) is 15.9. The van der Waals surface area contributed by atoms with E-state index in [1.54, 1.807) is 0 Å². The molecule has 4 aromatic heterocycles. The van der Waals surface area contributed by atoms with Crippen molar-refractivity contribution in [1.82, 2.24) is 19.5 Å². The van der Waals surface area contributed by atoms with Crippen molar-refractivity contribution >= 4 is 65.7 Å². The molecule has 0 unspecified atom stereocenters. The highest BCUT2D eigenvalue weighted by Crippen LogP contribution is 2.43. The van der Waals surface area contributed by atoms with Crippen molar-refractivity contribution < 1.29 is 8.83 Å². The van der Waals surface area contributed by atoms with Crippen molar-refractivity contribution in [1.29, 1.82) is 0 Å². The summed E-state index contributed by atoms with van der Waals surface area (Å²) in [6.07, 6.45) is 0. The van der Waals surface area contributed by atoms with Gasteiger partial charge in [-0.3, -0.25) is 0 Å². The smallest absolute Gasteiger partial charge is 0.167 e. The first kappa shape index (κ1) is 35.2. The first-order valence-corrected chi connectivity index (χ1v) is 21.1. The molecule has 0 aliphatic rings. The van der Waals surface area contributed by atoms with Gasteiger partial charge in [0, 0.05) is 49.1 Å². The lowest BCUT2D eigenvalue weighted by Gasteiger charge is -2.13. The largest absolute Gasteiger partial charge is 0.456 e. The van der Waals surface area contributed by atoms with Crippen molar-refractivity contribution in [3.63, 3.8) is 0 Å². The fraction of sp³-hybridized carbons (Fsp3) is 0. The van der Waals surface area contributed by atoms with Gasteiger partial charge in [-0.05, 0) is 76.9 Å². The minimum absolute atomic E-state index is 0.506. The van der Waals surface area contributed by atoms with Crippen LogP contribution in [0.15, 0.2) is 215 Å². The molecule has 0 bridgehead atoms. The van der Waals surface area contributed by atoms with E-state index < -0.39 is 0 Å². The van der Waals surface area contributed by atoms with E-state index in [-0.39, 0.29) is 0 Å².